The van der Waals surface area contributed by atoms with E-state index in [2.05, 4.69) is 10.3 Å². The minimum absolute atomic E-state index is 0.147. The number of carbonyl (C=O) groups excluding carboxylic acids is 1. The molecule has 2 aromatic carbocycles. The number of nitrogens with one attached hydrogen (secondary N) is 2. The average molecular weight is 428 g/mol. The molecule has 2 heterocycles. The quantitative estimate of drug-likeness (QED) is 0.654. The Hall–Kier alpha value is -2.68. The summed E-state index contributed by atoms with van der Waals surface area (Å²) in [5.74, 6) is -0.161. The SMILES string of the molecule is CC1CN(S(=O)(=O)c2ccc(NC(=O)Cc3c[nH]c4ccccc34)cc2)CC(C)O1. The number of fused-ring (bicyclic) bond motifs is 1. The molecule has 4 rings (SSSR count). The zero-order valence-electron chi connectivity index (χ0n) is 17.0. The van der Waals surface area contributed by atoms with Crippen molar-refractivity contribution in [1.82, 2.24) is 9.29 Å². The van der Waals surface area contributed by atoms with Gasteiger partial charge in [0.2, 0.25) is 15.9 Å². The number of hydrogen-bond acceptors (Lipinski definition) is 4. The summed E-state index contributed by atoms with van der Waals surface area (Å²) in [4.78, 5) is 15.8. The number of H-pyrrole nitrogens is 1. The highest BCUT2D eigenvalue weighted by Crippen LogP contribution is 2.23. The summed E-state index contributed by atoms with van der Waals surface area (Å²) in [6, 6.07) is 14.1. The molecule has 1 aromatic heterocycles. The summed E-state index contributed by atoms with van der Waals surface area (Å²) in [6.45, 7) is 4.39. The minimum atomic E-state index is -3.60. The minimum Gasteiger partial charge on any atom is -0.373 e. The van der Waals surface area contributed by atoms with Gasteiger partial charge in [0, 0.05) is 35.9 Å². The monoisotopic (exact) mass is 427 g/mol. The van der Waals surface area contributed by atoms with Gasteiger partial charge in [-0.3, -0.25) is 4.79 Å². The Morgan fingerprint density at radius 1 is 1.10 bits per heavy atom. The third-order valence-corrected chi connectivity index (χ3v) is 7.03. The van der Waals surface area contributed by atoms with Crippen LogP contribution in [0.1, 0.15) is 19.4 Å². The van der Waals surface area contributed by atoms with Gasteiger partial charge in [-0.15, -0.1) is 0 Å². The Morgan fingerprint density at radius 3 is 2.47 bits per heavy atom. The van der Waals surface area contributed by atoms with Crippen LogP contribution in [0.2, 0.25) is 0 Å². The number of aromatic amines is 1. The molecular formula is C22H25N3O4S. The molecule has 3 aromatic rings. The number of ether oxygens (including phenoxy) is 1. The van der Waals surface area contributed by atoms with Crippen LogP contribution in [0.5, 0.6) is 0 Å². The lowest BCUT2D eigenvalue weighted by Crippen LogP contribution is -2.48. The first-order chi connectivity index (χ1) is 14.3. The van der Waals surface area contributed by atoms with Gasteiger partial charge in [0.15, 0.2) is 0 Å². The van der Waals surface area contributed by atoms with E-state index in [1.165, 1.54) is 16.4 Å². The maximum Gasteiger partial charge on any atom is 0.243 e. The van der Waals surface area contributed by atoms with Crippen LogP contribution >= 0.6 is 0 Å². The van der Waals surface area contributed by atoms with E-state index in [9.17, 15) is 13.2 Å². The second kappa shape index (κ2) is 8.22. The van der Waals surface area contributed by atoms with E-state index < -0.39 is 10.0 Å². The molecule has 0 spiro atoms. The highest BCUT2D eigenvalue weighted by molar-refractivity contribution is 7.89. The summed E-state index contributed by atoms with van der Waals surface area (Å²) in [5, 5.41) is 3.85. The summed E-state index contributed by atoms with van der Waals surface area (Å²) in [6.07, 6.45) is 1.77. The van der Waals surface area contributed by atoms with Gasteiger partial charge in [0.1, 0.15) is 0 Å². The molecule has 1 amide bonds. The van der Waals surface area contributed by atoms with Crippen molar-refractivity contribution in [3.8, 4) is 0 Å². The Morgan fingerprint density at radius 2 is 1.77 bits per heavy atom. The molecule has 7 nitrogen and oxygen atoms in total. The van der Waals surface area contributed by atoms with Crippen LogP contribution in [0.25, 0.3) is 10.9 Å². The molecule has 1 aliphatic heterocycles. The summed E-state index contributed by atoms with van der Waals surface area (Å²) < 4.78 is 32.9. The molecule has 2 N–H and O–H groups in total. The second-order valence-corrected chi connectivity index (χ2v) is 9.63. The number of aromatic nitrogens is 1. The van der Waals surface area contributed by atoms with E-state index in [0.717, 1.165) is 16.5 Å². The molecule has 1 saturated heterocycles. The maximum absolute atomic E-state index is 12.9. The van der Waals surface area contributed by atoms with Crippen molar-refractivity contribution in [3.63, 3.8) is 0 Å². The maximum atomic E-state index is 12.9. The van der Waals surface area contributed by atoms with Crippen LogP contribution in [-0.2, 0) is 26.0 Å². The lowest BCUT2D eigenvalue weighted by molar-refractivity contribution is -0.115. The van der Waals surface area contributed by atoms with Crippen LogP contribution in [0, 0.1) is 0 Å². The third kappa shape index (κ3) is 4.26. The van der Waals surface area contributed by atoms with Crippen molar-refractivity contribution in [3.05, 3.63) is 60.3 Å². The van der Waals surface area contributed by atoms with Gasteiger partial charge in [-0.1, -0.05) is 18.2 Å². The van der Waals surface area contributed by atoms with Gasteiger partial charge >= 0.3 is 0 Å². The molecule has 2 atom stereocenters. The van der Waals surface area contributed by atoms with Gasteiger partial charge < -0.3 is 15.0 Å². The fourth-order valence-corrected chi connectivity index (χ4v) is 5.43. The van der Waals surface area contributed by atoms with E-state index in [0.29, 0.717) is 18.8 Å². The number of rotatable bonds is 5. The lowest BCUT2D eigenvalue weighted by Gasteiger charge is -2.34. The van der Waals surface area contributed by atoms with Crippen LogP contribution in [0.15, 0.2) is 59.6 Å². The molecule has 1 aliphatic rings. The fourth-order valence-electron chi connectivity index (χ4n) is 3.84. The van der Waals surface area contributed by atoms with Gasteiger partial charge in [0.25, 0.3) is 0 Å². The van der Waals surface area contributed by atoms with E-state index in [1.54, 1.807) is 12.1 Å². The molecule has 2 unspecified atom stereocenters. The number of morpholine rings is 1. The van der Waals surface area contributed by atoms with Crippen molar-refractivity contribution in [2.75, 3.05) is 18.4 Å². The Kier molecular flexibility index (Phi) is 5.64. The molecular weight excluding hydrogens is 402 g/mol. The van der Waals surface area contributed by atoms with Gasteiger partial charge in [-0.05, 0) is 49.7 Å². The second-order valence-electron chi connectivity index (χ2n) is 7.69. The predicted molar refractivity (Wildman–Crippen MR) is 116 cm³/mol. The van der Waals surface area contributed by atoms with Crippen LogP contribution < -0.4 is 5.32 Å². The molecule has 0 aliphatic carbocycles. The predicted octanol–water partition coefficient (Wildman–Crippen LogP) is 3.15. The van der Waals surface area contributed by atoms with E-state index >= 15 is 0 Å². The highest BCUT2D eigenvalue weighted by Gasteiger charge is 2.32. The highest BCUT2D eigenvalue weighted by atomic mass is 32.2. The number of benzene rings is 2. The largest absolute Gasteiger partial charge is 0.373 e. The first-order valence-electron chi connectivity index (χ1n) is 9.93. The molecule has 0 saturated carbocycles. The average Bonchev–Trinajstić information content (AvgIpc) is 3.10. The third-order valence-electron chi connectivity index (χ3n) is 5.19. The normalized spacial score (nSPS) is 20.3. The lowest BCUT2D eigenvalue weighted by atomic mass is 10.1. The fraction of sp³-hybridized carbons (Fsp3) is 0.318. The van der Waals surface area contributed by atoms with Crippen molar-refractivity contribution >= 4 is 32.5 Å². The van der Waals surface area contributed by atoms with E-state index in [-0.39, 0.29) is 29.4 Å². The number of sulfonamides is 1. The smallest absolute Gasteiger partial charge is 0.243 e. The number of amides is 1. The van der Waals surface area contributed by atoms with Gasteiger partial charge in [-0.2, -0.15) is 4.31 Å². The Balaban J connectivity index is 1.43. The molecule has 8 heteroatoms. The number of anilines is 1. The number of hydrogen-bond donors (Lipinski definition) is 2. The Labute approximate surface area is 176 Å². The van der Waals surface area contributed by atoms with Gasteiger partial charge in [0.05, 0.1) is 23.5 Å². The molecule has 0 radical (unpaired) electrons. The number of carbonyl (C=O) groups is 1. The van der Waals surface area contributed by atoms with Crippen molar-refractivity contribution < 1.29 is 17.9 Å². The molecule has 1 fully saturated rings. The van der Waals surface area contributed by atoms with E-state index in [4.69, 9.17) is 4.74 Å². The van der Waals surface area contributed by atoms with Gasteiger partial charge in [-0.25, -0.2) is 8.42 Å². The van der Waals surface area contributed by atoms with Crippen LogP contribution in [0.3, 0.4) is 0 Å². The molecule has 158 valence electrons. The first-order valence-corrected chi connectivity index (χ1v) is 11.4. The van der Waals surface area contributed by atoms with Crippen LogP contribution in [-0.4, -0.2) is 48.9 Å². The van der Waals surface area contributed by atoms with Crippen LogP contribution in [0.4, 0.5) is 5.69 Å². The summed E-state index contributed by atoms with van der Waals surface area (Å²) >= 11 is 0. The summed E-state index contributed by atoms with van der Waals surface area (Å²) in [7, 11) is -3.60. The standard InChI is InChI=1S/C22H25N3O4S/c1-15-13-25(14-16(2)29-15)30(27,28)19-9-7-18(8-10-19)24-22(26)11-17-12-23-21-6-4-3-5-20(17)21/h3-10,12,15-16,23H,11,13-14H2,1-2H3,(H,24,26). The van der Waals surface area contributed by atoms with Crippen molar-refractivity contribution in [2.45, 2.75) is 37.4 Å². The molecule has 30 heavy (non-hydrogen) atoms. The zero-order valence-corrected chi connectivity index (χ0v) is 17.8. The van der Waals surface area contributed by atoms with E-state index in [1.807, 2.05) is 44.3 Å². The Bertz CT molecular complexity index is 1140. The first kappa shape index (κ1) is 20.6. The number of para-hydroxylation sites is 1. The van der Waals surface area contributed by atoms with Crippen molar-refractivity contribution in [2.24, 2.45) is 0 Å². The van der Waals surface area contributed by atoms with Crippen molar-refractivity contribution in [1.29, 1.82) is 0 Å². The molecule has 0 bridgehead atoms. The number of nitrogens with zero attached hydrogens (tertiary/aromatic N) is 1. The summed E-state index contributed by atoms with van der Waals surface area (Å²) in [5.41, 5.74) is 2.46. The zero-order chi connectivity index (χ0) is 21.3. The topological polar surface area (TPSA) is 91.5 Å².